The number of carbonyl (C=O) groups excluding carboxylic acids is 1. The lowest BCUT2D eigenvalue weighted by molar-refractivity contribution is -0.126. The van der Waals surface area contributed by atoms with Crippen LogP contribution < -0.4 is 11.1 Å². The third-order valence-corrected chi connectivity index (χ3v) is 2.69. The normalized spacial score (nSPS) is 16.2. The Balaban J connectivity index is 2.45. The smallest absolute Gasteiger partial charge is 0.240 e. The van der Waals surface area contributed by atoms with E-state index in [1.165, 1.54) is 0 Å². The van der Waals surface area contributed by atoms with Gasteiger partial charge in [0.1, 0.15) is 0 Å². The van der Waals surface area contributed by atoms with Crippen LogP contribution in [0, 0.1) is 0 Å². The van der Waals surface area contributed by atoms with Crippen LogP contribution in [0.25, 0.3) is 0 Å². The van der Waals surface area contributed by atoms with Crippen LogP contribution in [-0.2, 0) is 11.3 Å². The van der Waals surface area contributed by atoms with Crippen LogP contribution in [-0.4, -0.2) is 27.3 Å². The van der Waals surface area contributed by atoms with Crippen LogP contribution >= 0.6 is 0 Å². The molecule has 0 aliphatic rings. The molecule has 17 heavy (non-hydrogen) atoms. The van der Waals surface area contributed by atoms with Crippen molar-refractivity contribution in [2.24, 2.45) is 5.73 Å². The Labute approximate surface area is 102 Å². The van der Waals surface area contributed by atoms with E-state index in [9.17, 15) is 4.79 Å². The Hall–Kier alpha value is -1.36. The maximum atomic E-state index is 11.9. The molecule has 0 radical (unpaired) electrons. The molecule has 1 aromatic heterocycles. The predicted molar refractivity (Wildman–Crippen MR) is 67.3 cm³/mol. The molecular weight excluding hydrogens is 216 g/mol. The predicted octanol–water partition coefficient (Wildman–Crippen LogP) is 0.905. The van der Waals surface area contributed by atoms with E-state index in [-0.39, 0.29) is 11.9 Å². The second kappa shape index (κ2) is 5.82. The van der Waals surface area contributed by atoms with Crippen LogP contribution in [0.1, 0.15) is 33.6 Å². The molecule has 1 amide bonds. The van der Waals surface area contributed by atoms with Gasteiger partial charge >= 0.3 is 0 Å². The second-order valence-electron chi connectivity index (χ2n) is 4.77. The third-order valence-electron chi connectivity index (χ3n) is 2.69. The fourth-order valence-electron chi connectivity index (χ4n) is 1.76. The van der Waals surface area contributed by atoms with E-state index in [0.29, 0.717) is 13.0 Å². The highest BCUT2D eigenvalue weighted by Gasteiger charge is 2.27. The molecule has 5 nitrogen and oxygen atoms in total. The Morgan fingerprint density at radius 1 is 1.65 bits per heavy atom. The number of hydrogen-bond acceptors (Lipinski definition) is 3. The average Bonchev–Trinajstić information content (AvgIpc) is 2.69. The molecule has 1 aromatic rings. The van der Waals surface area contributed by atoms with Gasteiger partial charge < -0.3 is 11.1 Å². The number of nitrogens with zero attached hydrogens (tertiary/aromatic N) is 2. The summed E-state index contributed by atoms with van der Waals surface area (Å²) in [5.74, 6) is -0.0981. The number of hydrogen-bond donors (Lipinski definition) is 2. The van der Waals surface area contributed by atoms with Gasteiger partial charge in [0.05, 0.1) is 12.1 Å². The van der Waals surface area contributed by atoms with Crippen LogP contribution in [0.15, 0.2) is 18.5 Å². The fraction of sp³-hybridized carbons (Fsp3) is 0.667. The maximum absolute atomic E-state index is 11.9. The molecule has 3 N–H and O–H groups in total. The molecule has 2 unspecified atom stereocenters. The van der Waals surface area contributed by atoms with E-state index in [1.54, 1.807) is 17.8 Å². The van der Waals surface area contributed by atoms with Gasteiger partial charge in [0.2, 0.25) is 5.91 Å². The van der Waals surface area contributed by atoms with E-state index >= 15 is 0 Å². The van der Waals surface area contributed by atoms with Crippen LogP contribution in [0.5, 0.6) is 0 Å². The summed E-state index contributed by atoms with van der Waals surface area (Å²) in [5.41, 5.74) is 5.17. The first-order chi connectivity index (χ1) is 7.95. The van der Waals surface area contributed by atoms with Crippen molar-refractivity contribution >= 4 is 5.91 Å². The van der Waals surface area contributed by atoms with Crippen molar-refractivity contribution in [2.45, 2.75) is 51.7 Å². The Morgan fingerprint density at radius 3 is 2.88 bits per heavy atom. The quantitative estimate of drug-likeness (QED) is 0.773. The lowest BCUT2D eigenvalue weighted by Crippen LogP contribution is -2.54. The Kier molecular flexibility index (Phi) is 4.69. The van der Waals surface area contributed by atoms with Crippen LogP contribution in [0.4, 0.5) is 0 Å². The summed E-state index contributed by atoms with van der Waals surface area (Å²) >= 11 is 0. The van der Waals surface area contributed by atoms with Crippen molar-refractivity contribution in [2.75, 3.05) is 0 Å². The van der Waals surface area contributed by atoms with Gasteiger partial charge in [-0.25, -0.2) is 0 Å². The lowest BCUT2D eigenvalue weighted by atomic mass is 9.96. The molecule has 0 spiro atoms. The molecule has 96 valence electrons. The minimum absolute atomic E-state index is 0.0159. The van der Waals surface area contributed by atoms with E-state index < -0.39 is 5.54 Å². The standard InChI is InChI=1S/C12H22N4O/c1-4-6-12(3,13)11(17)15-10(2)9-16-8-5-7-14-16/h5,7-8,10H,4,6,9,13H2,1-3H3,(H,15,17). The van der Waals surface area contributed by atoms with Crippen molar-refractivity contribution < 1.29 is 4.79 Å². The molecule has 0 aliphatic heterocycles. The molecule has 0 aliphatic carbocycles. The van der Waals surface area contributed by atoms with Crippen molar-refractivity contribution in [1.82, 2.24) is 15.1 Å². The minimum atomic E-state index is -0.785. The summed E-state index contributed by atoms with van der Waals surface area (Å²) in [6.07, 6.45) is 5.18. The molecule has 5 heteroatoms. The summed E-state index contributed by atoms with van der Waals surface area (Å²) in [4.78, 5) is 11.9. The zero-order valence-corrected chi connectivity index (χ0v) is 10.8. The molecule has 1 rings (SSSR count). The first kappa shape index (κ1) is 13.7. The summed E-state index contributed by atoms with van der Waals surface area (Å²) in [7, 11) is 0. The van der Waals surface area contributed by atoms with Gasteiger partial charge in [-0.05, 0) is 26.3 Å². The van der Waals surface area contributed by atoms with Crippen LogP contribution in [0.3, 0.4) is 0 Å². The third kappa shape index (κ3) is 4.19. The first-order valence-electron chi connectivity index (χ1n) is 6.03. The number of nitrogens with one attached hydrogen (secondary N) is 1. The molecule has 0 bridgehead atoms. The van der Waals surface area contributed by atoms with Crippen LogP contribution in [0.2, 0.25) is 0 Å². The van der Waals surface area contributed by atoms with Gasteiger partial charge in [0, 0.05) is 18.4 Å². The highest BCUT2D eigenvalue weighted by molar-refractivity contribution is 5.85. The number of amides is 1. The highest BCUT2D eigenvalue weighted by atomic mass is 16.2. The van der Waals surface area contributed by atoms with E-state index in [0.717, 1.165) is 6.42 Å². The summed E-state index contributed by atoms with van der Waals surface area (Å²) < 4.78 is 1.79. The van der Waals surface area contributed by atoms with E-state index in [4.69, 9.17) is 5.73 Å². The Morgan fingerprint density at radius 2 is 2.35 bits per heavy atom. The van der Waals surface area contributed by atoms with Gasteiger partial charge in [0.25, 0.3) is 0 Å². The van der Waals surface area contributed by atoms with Gasteiger partial charge in [0.15, 0.2) is 0 Å². The molecule has 2 atom stereocenters. The molecular formula is C12H22N4O. The zero-order chi connectivity index (χ0) is 12.9. The molecule has 0 fully saturated rings. The monoisotopic (exact) mass is 238 g/mol. The summed E-state index contributed by atoms with van der Waals surface area (Å²) in [6.45, 7) is 6.39. The second-order valence-corrected chi connectivity index (χ2v) is 4.77. The summed E-state index contributed by atoms with van der Waals surface area (Å²) in [6, 6.07) is 1.88. The molecule has 0 saturated carbocycles. The minimum Gasteiger partial charge on any atom is -0.350 e. The van der Waals surface area contributed by atoms with Crippen molar-refractivity contribution in [3.63, 3.8) is 0 Å². The number of carbonyl (C=O) groups is 1. The van der Waals surface area contributed by atoms with Crippen molar-refractivity contribution in [3.8, 4) is 0 Å². The van der Waals surface area contributed by atoms with E-state index in [2.05, 4.69) is 10.4 Å². The first-order valence-corrected chi connectivity index (χ1v) is 6.03. The van der Waals surface area contributed by atoms with Gasteiger partial charge in [-0.15, -0.1) is 0 Å². The van der Waals surface area contributed by atoms with Gasteiger partial charge in [-0.3, -0.25) is 9.48 Å². The molecule has 0 aromatic carbocycles. The van der Waals surface area contributed by atoms with E-state index in [1.807, 2.05) is 26.1 Å². The fourth-order valence-corrected chi connectivity index (χ4v) is 1.76. The zero-order valence-electron chi connectivity index (χ0n) is 10.8. The van der Waals surface area contributed by atoms with Crippen molar-refractivity contribution in [1.29, 1.82) is 0 Å². The topological polar surface area (TPSA) is 72.9 Å². The molecule has 0 saturated heterocycles. The van der Waals surface area contributed by atoms with Gasteiger partial charge in [-0.2, -0.15) is 5.10 Å². The largest absolute Gasteiger partial charge is 0.350 e. The summed E-state index contributed by atoms with van der Waals surface area (Å²) in [5, 5.41) is 7.01. The number of rotatable bonds is 6. The number of aromatic nitrogens is 2. The number of nitrogens with two attached hydrogens (primary N) is 1. The van der Waals surface area contributed by atoms with Crippen molar-refractivity contribution in [3.05, 3.63) is 18.5 Å². The molecule has 1 heterocycles. The highest BCUT2D eigenvalue weighted by Crippen LogP contribution is 2.08. The Bertz CT molecular complexity index is 345. The maximum Gasteiger partial charge on any atom is 0.240 e. The average molecular weight is 238 g/mol. The lowest BCUT2D eigenvalue weighted by Gasteiger charge is -2.25. The van der Waals surface area contributed by atoms with Gasteiger partial charge in [-0.1, -0.05) is 13.3 Å². The SMILES string of the molecule is CCCC(C)(N)C(=O)NC(C)Cn1cccn1.